The molecule has 26 heavy (non-hydrogen) atoms. The van der Waals surface area contributed by atoms with Crippen LogP contribution in [0.1, 0.15) is 72.5 Å². The minimum atomic E-state index is -0.378. The van der Waals surface area contributed by atoms with E-state index in [2.05, 4.69) is 6.92 Å². The molecule has 0 radical (unpaired) electrons. The first-order valence-corrected chi connectivity index (χ1v) is 9.82. The van der Waals surface area contributed by atoms with Gasteiger partial charge in [0, 0.05) is 16.5 Å². The molecule has 1 aromatic heterocycles. The Morgan fingerprint density at radius 1 is 1.15 bits per heavy atom. The molecule has 1 aromatic carbocycles. The normalized spacial score (nSPS) is 27.5. The van der Waals surface area contributed by atoms with Crippen LogP contribution in [-0.4, -0.2) is 11.4 Å². The molecule has 136 valence electrons. The van der Waals surface area contributed by atoms with E-state index in [1.165, 1.54) is 6.42 Å². The quantitative estimate of drug-likeness (QED) is 0.655. The van der Waals surface area contributed by atoms with Crippen molar-refractivity contribution in [3.05, 3.63) is 38.7 Å². The van der Waals surface area contributed by atoms with E-state index in [1.54, 1.807) is 0 Å². The number of benzene rings is 1. The van der Waals surface area contributed by atoms with Gasteiger partial charge in [-0.15, -0.1) is 0 Å². The standard InChI is InChI=1S/C22H24O4/c1-12-5-4-8-22(10-12)11-18(23)17-9-16-14-6-3-7-15(14)21(24)25-19(16)13(2)20(17)26-22/h9,12H,3-8,10-11H2,1-2H3/t12?,22-/m1/s1. The molecular formula is C22H24O4. The second-order valence-electron chi connectivity index (χ2n) is 8.54. The maximum absolute atomic E-state index is 13.1. The van der Waals surface area contributed by atoms with Crippen molar-refractivity contribution < 1.29 is 13.9 Å². The first-order chi connectivity index (χ1) is 12.5. The van der Waals surface area contributed by atoms with Gasteiger partial charge in [-0.1, -0.05) is 13.3 Å². The Morgan fingerprint density at radius 3 is 2.77 bits per heavy atom. The lowest BCUT2D eigenvalue weighted by Crippen LogP contribution is -2.45. The average molecular weight is 352 g/mol. The Morgan fingerprint density at radius 2 is 1.96 bits per heavy atom. The summed E-state index contributed by atoms with van der Waals surface area (Å²) in [6, 6.07) is 1.92. The average Bonchev–Trinajstić information content (AvgIpc) is 3.08. The lowest BCUT2D eigenvalue weighted by atomic mass is 9.74. The van der Waals surface area contributed by atoms with Gasteiger partial charge in [-0.3, -0.25) is 4.79 Å². The first kappa shape index (κ1) is 16.1. The second-order valence-corrected chi connectivity index (χ2v) is 8.54. The lowest BCUT2D eigenvalue weighted by molar-refractivity contribution is -0.00127. The molecular weight excluding hydrogens is 328 g/mol. The third-order valence-electron chi connectivity index (χ3n) is 6.59. The maximum Gasteiger partial charge on any atom is 0.339 e. The van der Waals surface area contributed by atoms with Crippen LogP contribution in [0.3, 0.4) is 0 Å². The van der Waals surface area contributed by atoms with Gasteiger partial charge in [-0.2, -0.15) is 0 Å². The largest absolute Gasteiger partial charge is 0.486 e. The maximum atomic E-state index is 13.1. The van der Waals surface area contributed by atoms with Crippen molar-refractivity contribution >= 4 is 16.8 Å². The van der Waals surface area contributed by atoms with E-state index in [9.17, 15) is 9.59 Å². The molecule has 2 aromatic rings. The van der Waals surface area contributed by atoms with Crippen LogP contribution >= 0.6 is 0 Å². The number of ketones is 1. The Bertz CT molecular complexity index is 1000. The summed E-state index contributed by atoms with van der Waals surface area (Å²) in [5, 5.41) is 0.929. The van der Waals surface area contributed by atoms with Gasteiger partial charge in [0.05, 0.1) is 12.0 Å². The van der Waals surface area contributed by atoms with Crippen LogP contribution < -0.4 is 10.4 Å². The third-order valence-corrected chi connectivity index (χ3v) is 6.59. The number of fused-ring (bicyclic) bond motifs is 4. The van der Waals surface area contributed by atoms with E-state index in [0.717, 1.165) is 60.6 Å². The molecule has 2 heterocycles. The molecule has 0 amide bonds. The van der Waals surface area contributed by atoms with Gasteiger partial charge in [0.1, 0.15) is 16.9 Å². The van der Waals surface area contributed by atoms with E-state index in [4.69, 9.17) is 9.15 Å². The number of hydrogen-bond donors (Lipinski definition) is 0. The number of aryl methyl sites for hydroxylation is 2. The zero-order chi connectivity index (χ0) is 18.1. The predicted molar refractivity (Wildman–Crippen MR) is 99.2 cm³/mol. The van der Waals surface area contributed by atoms with Crippen molar-refractivity contribution in [3.8, 4) is 5.75 Å². The predicted octanol–water partition coefficient (Wildman–Crippen LogP) is 4.50. The Labute approximate surface area is 152 Å². The van der Waals surface area contributed by atoms with Crippen LogP contribution in [0, 0.1) is 12.8 Å². The molecule has 1 saturated carbocycles. The van der Waals surface area contributed by atoms with E-state index in [0.29, 0.717) is 29.2 Å². The highest BCUT2D eigenvalue weighted by molar-refractivity contribution is 6.05. The molecule has 1 spiro atoms. The van der Waals surface area contributed by atoms with Crippen LogP contribution in [-0.2, 0) is 12.8 Å². The summed E-state index contributed by atoms with van der Waals surface area (Å²) in [5.41, 5.74) is 3.33. The van der Waals surface area contributed by atoms with Gasteiger partial charge < -0.3 is 9.15 Å². The van der Waals surface area contributed by atoms with Crippen LogP contribution in [0.5, 0.6) is 5.75 Å². The molecule has 4 nitrogen and oxygen atoms in total. The number of ether oxygens (including phenoxy) is 1. The summed E-state index contributed by atoms with van der Waals surface area (Å²) in [5.74, 6) is 1.38. The summed E-state index contributed by atoms with van der Waals surface area (Å²) in [6.07, 6.45) is 7.23. The van der Waals surface area contributed by atoms with Crippen molar-refractivity contribution in [3.63, 3.8) is 0 Å². The molecule has 0 saturated heterocycles. The van der Waals surface area contributed by atoms with Gasteiger partial charge in [0.25, 0.3) is 0 Å². The van der Waals surface area contributed by atoms with Crippen LogP contribution in [0.4, 0.5) is 0 Å². The molecule has 1 fully saturated rings. The summed E-state index contributed by atoms with van der Waals surface area (Å²) >= 11 is 0. The van der Waals surface area contributed by atoms with E-state index in [-0.39, 0.29) is 17.0 Å². The molecule has 1 aliphatic heterocycles. The van der Waals surface area contributed by atoms with Gasteiger partial charge in [0.15, 0.2) is 5.78 Å². The molecule has 0 bridgehead atoms. The number of carbonyl (C=O) groups is 1. The molecule has 4 heteroatoms. The lowest BCUT2D eigenvalue weighted by Gasteiger charge is -2.43. The number of rotatable bonds is 0. The topological polar surface area (TPSA) is 56.5 Å². The first-order valence-electron chi connectivity index (χ1n) is 9.82. The molecule has 2 aliphatic carbocycles. The van der Waals surface area contributed by atoms with E-state index in [1.807, 2.05) is 13.0 Å². The molecule has 1 unspecified atom stereocenters. The SMILES string of the molecule is Cc1c2c(cc3c4c(c(=O)oc13)CCC4)C(=O)C[C@]1(CCCC(C)C1)O2. The summed E-state index contributed by atoms with van der Waals surface area (Å²) < 4.78 is 12.2. The van der Waals surface area contributed by atoms with Crippen molar-refractivity contribution in [1.82, 2.24) is 0 Å². The van der Waals surface area contributed by atoms with Crippen LogP contribution in [0.25, 0.3) is 11.0 Å². The summed E-state index contributed by atoms with van der Waals surface area (Å²) in [7, 11) is 0. The van der Waals surface area contributed by atoms with Crippen molar-refractivity contribution in [2.45, 2.75) is 70.8 Å². The summed E-state index contributed by atoms with van der Waals surface area (Å²) in [6.45, 7) is 4.16. The summed E-state index contributed by atoms with van der Waals surface area (Å²) in [4.78, 5) is 25.4. The fourth-order valence-corrected chi connectivity index (χ4v) is 5.40. The molecule has 0 N–H and O–H groups in total. The Balaban J connectivity index is 1.72. The van der Waals surface area contributed by atoms with Crippen LogP contribution in [0.2, 0.25) is 0 Å². The van der Waals surface area contributed by atoms with Gasteiger partial charge in [0.2, 0.25) is 0 Å². The van der Waals surface area contributed by atoms with Crippen molar-refractivity contribution in [2.24, 2.45) is 5.92 Å². The van der Waals surface area contributed by atoms with Gasteiger partial charge >= 0.3 is 5.63 Å². The number of carbonyl (C=O) groups excluding carboxylic acids is 1. The second kappa shape index (κ2) is 5.45. The molecule has 2 atom stereocenters. The van der Waals surface area contributed by atoms with Gasteiger partial charge in [-0.05, 0) is 63.0 Å². The fraction of sp³-hybridized carbons (Fsp3) is 0.545. The Hall–Kier alpha value is -2.10. The number of hydrogen-bond acceptors (Lipinski definition) is 4. The molecule has 5 rings (SSSR count). The highest BCUT2D eigenvalue weighted by Gasteiger charge is 2.44. The molecule has 3 aliphatic rings. The smallest absolute Gasteiger partial charge is 0.339 e. The van der Waals surface area contributed by atoms with Crippen molar-refractivity contribution in [2.75, 3.05) is 0 Å². The third kappa shape index (κ3) is 2.20. The minimum Gasteiger partial charge on any atom is -0.486 e. The fourth-order valence-electron chi connectivity index (χ4n) is 5.40. The highest BCUT2D eigenvalue weighted by Crippen LogP contribution is 2.46. The zero-order valence-electron chi connectivity index (χ0n) is 15.4. The minimum absolute atomic E-state index is 0.170. The number of Topliss-reactive ketones (excluding diaryl/α,β-unsaturated/α-hetero) is 1. The van der Waals surface area contributed by atoms with Crippen LogP contribution in [0.15, 0.2) is 15.3 Å². The highest BCUT2D eigenvalue weighted by atomic mass is 16.5. The van der Waals surface area contributed by atoms with E-state index >= 15 is 0 Å². The van der Waals surface area contributed by atoms with Crippen molar-refractivity contribution in [1.29, 1.82) is 0 Å². The zero-order valence-corrected chi connectivity index (χ0v) is 15.4. The monoisotopic (exact) mass is 352 g/mol. The van der Waals surface area contributed by atoms with E-state index < -0.39 is 0 Å². The Kier molecular flexibility index (Phi) is 3.37. The van der Waals surface area contributed by atoms with Gasteiger partial charge in [-0.25, -0.2) is 4.79 Å².